The standard InChI is InChI=1S/C25H25BrFN3O/c1-17-7-9-18(10-8-17)13-20(16-31-2)30-24-6-4-3-5-23(24)29(25(30)28)15-19-11-12-22(27)21(26)14-19/h3-12,14,20,28H,13,15-16H2,1-2H3. The van der Waals surface area contributed by atoms with Gasteiger partial charge < -0.3 is 13.9 Å². The minimum Gasteiger partial charge on any atom is -0.383 e. The van der Waals surface area contributed by atoms with Gasteiger partial charge in [-0.2, -0.15) is 0 Å². The van der Waals surface area contributed by atoms with Crippen LogP contribution in [-0.2, 0) is 17.7 Å². The normalized spacial score (nSPS) is 12.4. The number of benzene rings is 3. The molecule has 1 aromatic heterocycles. The molecular formula is C25H25BrFN3O. The lowest BCUT2D eigenvalue weighted by molar-refractivity contribution is 0.154. The number of rotatable bonds is 7. The molecule has 0 fully saturated rings. The summed E-state index contributed by atoms with van der Waals surface area (Å²) >= 11 is 3.27. The molecule has 1 heterocycles. The Morgan fingerprint density at radius 1 is 1.00 bits per heavy atom. The molecule has 31 heavy (non-hydrogen) atoms. The number of hydrogen-bond donors (Lipinski definition) is 1. The number of methoxy groups -OCH3 is 1. The lowest BCUT2D eigenvalue weighted by atomic mass is 10.0. The van der Waals surface area contributed by atoms with E-state index in [0.717, 1.165) is 23.0 Å². The van der Waals surface area contributed by atoms with Crippen LogP contribution >= 0.6 is 15.9 Å². The van der Waals surface area contributed by atoms with Crippen molar-refractivity contribution in [1.29, 1.82) is 5.41 Å². The molecule has 6 heteroatoms. The first-order chi connectivity index (χ1) is 15.0. The number of fused-ring (bicyclic) bond motifs is 1. The van der Waals surface area contributed by atoms with E-state index in [0.29, 0.717) is 23.2 Å². The fourth-order valence-corrected chi connectivity index (χ4v) is 4.44. The average Bonchev–Trinajstić information content (AvgIpc) is 3.03. The predicted octanol–water partition coefficient (Wildman–Crippen LogP) is 5.61. The van der Waals surface area contributed by atoms with Gasteiger partial charge in [-0.05, 0) is 64.7 Å². The summed E-state index contributed by atoms with van der Waals surface area (Å²) in [6.45, 7) is 3.06. The Bertz CT molecular complexity index is 1260. The molecular weight excluding hydrogens is 457 g/mol. The van der Waals surface area contributed by atoms with Gasteiger partial charge in [-0.25, -0.2) is 4.39 Å². The van der Waals surface area contributed by atoms with Gasteiger partial charge in [0.15, 0.2) is 0 Å². The van der Waals surface area contributed by atoms with Crippen LogP contribution in [0.2, 0.25) is 0 Å². The van der Waals surface area contributed by atoms with Crippen molar-refractivity contribution in [2.24, 2.45) is 0 Å². The van der Waals surface area contributed by atoms with Crippen LogP contribution in [0.4, 0.5) is 4.39 Å². The Kier molecular flexibility index (Phi) is 6.39. The number of hydrogen-bond acceptors (Lipinski definition) is 2. The summed E-state index contributed by atoms with van der Waals surface area (Å²) in [5, 5.41) is 9.01. The van der Waals surface area contributed by atoms with Gasteiger partial charge >= 0.3 is 0 Å². The first-order valence-electron chi connectivity index (χ1n) is 10.2. The highest BCUT2D eigenvalue weighted by molar-refractivity contribution is 9.10. The number of nitrogens with one attached hydrogen (secondary N) is 1. The zero-order valence-electron chi connectivity index (χ0n) is 17.6. The summed E-state index contributed by atoms with van der Waals surface area (Å²) in [5.74, 6) is -0.291. The predicted molar refractivity (Wildman–Crippen MR) is 125 cm³/mol. The van der Waals surface area contributed by atoms with E-state index in [-0.39, 0.29) is 11.9 Å². The minimum atomic E-state index is -0.291. The molecule has 4 rings (SSSR count). The third kappa shape index (κ3) is 4.50. The van der Waals surface area contributed by atoms with Crippen molar-refractivity contribution in [2.75, 3.05) is 13.7 Å². The maximum absolute atomic E-state index is 13.7. The van der Waals surface area contributed by atoms with Crippen molar-refractivity contribution < 1.29 is 9.13 Å². The second-order valence-corrected chi connectivity index (χ2v) is 8.67. The molecule has 1 unspecified atom stereocenters. The molecule has 0 saturated heterocycles. The smallest absolute Gasteiger partial charge is 0.203 e. The lowest BCUT2D eigenvalue weighted by Gasteiger charge is -2.19. The van der Waals surface area contributed by atoms with Crippen molar-refractivity contribution in [3.63, 3.8) is 0 Å². The van der Waals surface area contributed by atoms with E-state index in [1.165, 1.54) is 17.2 Å². The van der Waals surface area contributed by atoms with Crippen LogP contribution < -0.4 is 5.62 Å². The molecule has 0 aliphatic carbocycles. The molecule has 0 aliphatic rings. The highest BCUT2D eigenvalue weighted by Gasteiger charge is 2.19. The molecule has 0 saturated carbocycles. The van der Waals surface area contributed by atoms with Crippen molar-refractivity contribution in [2.45, 2.75) is 25.9 Å². The highest BCUT2D eigenvalue weighted by Crippen LogP contribution is 2.23. The zero-order chi connectivity index (χ0) is 22.0. The molecule has 0 amide bonds. The van der Waals surface area contributed by atoms with E-state index in [9.17, 15) is 4.39 Å². The Morgan fingerprint density at radius 3 is 2.35 bits per heavy atom. The Morgan fingerprint density at radius 2 is 1.68 bits per heavy atom. The number of halogens is 2. The highest BCUT2D eigenvalue weighted by atomic mass is 79.9. The van der Waals surface area contributed by atoms with Gasteiger partial charge in [0.05, 0.1) is 34.7 Å². The van der Waals surface area contributed by atoms with Gasteiger partial charge in [0.1, 0.15) is 5.82 Å². The topological polar surface area (TPSA) is 42.9 Å². The Labute approximate surface area is 189 Å². The van der Waals surface area contributed by atoms with Gasteiger partial charge in [0, 0.05) is 7.11 Å². The van der Waals surface area contributed by atoms with Crippen molar-refractivity contribution in [3.8, 4) is 0 Å². The molecule has 0 radical (unpaired) electrons. The van der Waals surface area contributed by atoms with Crippen LogP contribution in [0.1, 0.15) is 22.7 Å². The van der Waals surface area contributed by atoms with E-state index >= 15 is 0 Å². The zero-order valence-corrected chi connectivity index (χ0v) is 19.2. The van der Waals surface area contributed by atoms with E-state index < -0.39 is 0 Å². The summed E-state index contributed by atoms with van der Waals surface area (Å²) in [6, 6.07) is 21.5. The number of nitrogens with zero attached hydrogens (tertiary/aromatic N) is 2. The summed E-state index contributed by atoms with van der Waals surface area (Å²) in [7, 11) is 1.70. The minimum absolute atomic E-state index is 0.0219. The van der Waals surface area contributed by atoms with Gasteiger partial charge in [0.25, 0.3) is 0 Å². The van der Waals surface area contributed by atoms with Crippen LogP contribution in [0.3, 0.4) is 0 Å². The van der Waals surface area contributed by atoms with Gasteiger partial charge in [-0.1, -0.05) is 48.0 Å². The van der Waals surface area contributed by atoms with E-state index in [1.807, 2.05) is 28.8 Å². The average molecular weight is 482 g/mol. The maximum atomic E-state index is 13.7. The quantitative estimate of drug-likeness (QED) is 0.366. The van der Waals surface area contributed by atoms with Gasteiger partial charge in [-0.15, -0.1) is 0 Å². The van der Waals surface area contributed by atoms with Crippen LogP contribution in [0.15, 0.2) is 71.2 Å². The van der Waals surface area contributed by atoms with Gasteiger partial charge in [0.2, 0.25) is 5.62 Å². The molecule has 4 nitrogen and oxygen atoms in total. The summed E-state index contributed by atoms with van der Waals surface area (Å²) in [6.07, 6.45) is 0.765. The molecule has 1 N–H and O–H groups in total. The summed E-state index contributed by atoms with van der Waals surface area (Å²) in [5.41, 5.74) is 5.72. The molecule has 3 aromatic carbocycles. The number of para-hydroxylation sites is 2. The number of imidazole rings is 1. The number of aromatic nitrogens is 2. The van der Waals surface area contributed by atoms with Crippen molar-refractivity contribution >= 4 is 27.0 Å². The first-order valence-corrected chi connectivity index (χ1v) is 11.0. The van der Waals surface area contributed by atoms with Crippen molar-refractivity contribution in [3.05, 3.63) is 99.3 Å². The summed E-state index contributed by atoms with van der Waals surface area (Å²) < 4.78 is 23.7. The lowest BCUT2D eigenvalue weighted by Crippen LogP contribution is -2.31. The molecule has 1 atom stereocenters. The fourth-order valence-electron chi connectivity index (χ4n) is 4.02. The molecule has 0 bridgehead atoms. The first kappa shape index (κ1) is 21.5. The molecule has 160 valence electrons. The van der Waals surface area contributed by atoms with Crippen LogP contribution in [-0.4, -0.2) is 22.9 Å². The molecule has 0 aliphatic heterocycles. The largest absolute Gasteiger partial charge is 0.383 e. The molecule has 4 aromatic rings. The maximum Gasteiger partial charge on any atom is 0.203 e. The number of aryl methyl sites for hydroxylation is 1. The van der Waals surface area contributed by atoms with E-state index in [4.69, 9.17) is 10.1 Å². The third-order valence-electron chi connectivity index (χ3n) is 5.56. The number of ether oxygens (including phenoxy) is 1. The summed E-state index contributed by atoms with van der Waals surface area (Å²) in [4.78, 5) is 0. The van der Waals surface area contributed by atoms with Gasteiger partial charge in [-0.3, -0.25) is 5.41 Å². The Hall–Kier alpha value is -2.70. The van der Waals surface area contributed by atoms with Crippen LogP contribution in [0.25, 0.3) is 11.0 Å². The SMILES string of the molecule is COCC(Cc1ccc(C)cc1)n1c(=N)n(Cc2ccc(F)c(Br)c2)c2ccccc21. The van der Waals surface area contributed by atoms with Crippen LogP contribution in [0, 0.1) is 18.2 Å². The second kappa shape index (κ2) is 9.20. The second-order valence-electron chi connectivity index (χ2n) is 7.82. The third-order valence-corrected chi connectivity index (χ3v) is 6.16. The van der Waals surface area contributed by atoms with E-state index in [2.05, 4.69) is 51.7 Å². The van der Waals surface area contributed by atoms with E-state index in [1.54, 1.807) is 19.2 Å². The van der Waals surface area contributed by atoms with Crippen molar-refractivity contribution in [1.82, 2.24) is 9.13 Å². The Balaban J connectivity index is 1.79. The monoisotopic (exact) mass is 481 g/mol. The van der Waals surface area contributed by atoms with Crippen LogP contribution in [0.5, 0.6) is 0 Å². The fraction of sp³-hybridized carbons (Fsp3) is 0.240. The molecule has 0 spiro atoms.